The first-order valence-corrected chi connectivity index (χ1v) is 11.9. The number of imidazole rings is 1. The second kappa shape index (κ2) is 9.17. The van der Waals surface area contributed by atoms with Gasteiger partial charge in [-0.05, 0) is 55.0 Å². The molecule has 1 N–H and O–H groups in total. The number of rotatable bonds is 4. The van der Waals surface area contributed by atoms with Crippen molar-refractivity contribution in [1.82, 2.24) is 24.6 Å². The molecule has 0 radical (unpaired) electrons. The largest absolute Gasteiger partial charge is 0.325 e. The molecule has 1 amide bonds. The number of halogens is 1. The van der Waals surface area contributed by atoms with E-state index in [2.05, 4.69) is 15.3 Å². The third kappa shape index (κ3) is 4.83. The average Bonchev–Trinajstić information content (AvgIpc) is 3.29. The van der Waals surface area contributed by atoms with Crippen molar-refractivity contribution in [2.24, 2.45) is 5.41 Å². The first-order chi connectivity index (χ1) is 17.2. The zero-order valence-corrected chi connectivity index (χ0v) is 21.2. The molecule has 0 bridgehead atoms. The van der Waals surface area contributed by atoms with E-state index in [1.807, 2.05) is 82.4 Å². The van der Waals surface area contributed by atoms with Gasteiger partial charge in [-0.1, -0.05) is 44.5 Å². The average molecular weight is 497 g/mol. The normalized spacial score (nSPS) is 11.6. The van der Waals surface area contributed by atoms with E-state index in [9.17, 15) is 4.79 Å². The molecular formula is C28H25ClN6O. The van der Waals surface area contributed by atoms with Crippen LogP contribution in [0, 0.1) is 12.3 Å². The number of carbonyl (C=O) groups excluding carboxylic acids is 1. The van der Waals surface area contributed by atoms with Gasteiger partial charge >= 0.3 is 0 Å². The highest BCUT2D eigenvalue weighted by atomic mass is 35.5. The number of nitrogens with one attached hydrogen (secondary N) is 1. The first-order valence-electron chi connectivity index (χ1n) is 11.5. The van der Waals surface area contributed by atoms with Gasteiger partial charge in [0.1, 0.15) is 5.15 Å². The van der Waals surface area contributed by atoms with Crippen LogP contribution in [-0.2, 0) is 4.79 Å². The summed E-state index contributed by atoms with van der Waals surface area (Å²) in [5, 5.41) is 8.23. The van der Waals surface area contributed by atoms with Crippen molar-refractivity contribution in [2.75, 3.05) is 5.32 Å². The number of benzene rings is 1. The van der Waals surface area contributed by atoms with Gasteiger partial charge in [0.05, 0.1) is 23.3 Å². The van der Waals surface area contributed by atoms with Gasteiger partial charge in [-0.2, -0.15) is 5.10 Å². The molecule has 7 nitrogen and oxygen atoms in total. The van der Waals surface area contributed by atoms with Crippen LogP contribution in [0.4, 0.5) is 5.69 Å². The Hall–Kier alpha value is -4.10. The monoisotopic (exact) mass is 496 g/mol. The predicted molar refractivity (Wildman–Crippen MR) is 143 cm³/mol. The van der Waals surface area contributed by atoms with E-state index in [0.717, 1.165) is 50.7 Å². The lowest BCUT2D eigenvalue weighted by Gasteiger charge is -2.19. The van der Waals surface area contributed by atoms with Crippen LogP contribution in [0.15, 0.2) is 73.2 Å². The van der Waals surface area contributed by atoms with Gasteiger partial charge in [-0.3, -0.25) is 9.78 Å². The number of hydrogen-bond donors (Lipinski definition) is 1. The maximum Gasteiger partial charge on any atom is 0.229 e. The van der Waals surface area contributed by atoms with Gasteiger partial charge < -0.3 is 5.32 Å². The fraction of sp³-hybridized carbons (Fsp3) is 0.179. The first kappa shape index (κ1) is 23.6. The lowest BCUT2D eigenvalue weighted by atomic mass is 9.95. The molecule has 0 aliphatic carbocycles. The summed E-state index contributed by atoms with van der Waals surface area (Å²) in [6.45, 7) is 7.66. The minimum absolute atomic E-state index is 0.0315. The number of aryl methyl sites for hydroxylation is 1. The van der Waals surface area contributed by atoms with Crippen molar-refractivity contribution in [3.8, 4) is 33.8 Å². The van der Waals surface area contributed by atoms with Gasteiger partial charge in [0.25, 0.3) is 0 Å². The molecule has 8 heteroatoms. The van der Waals surface area contributed by atoms with E-state index >= 15 is 0 Å². The predicted octanol–water partition coefficient (Wildman–Crippen LogP) is 6.47. The highest BCUT2D eigenvalue weighted by Crippen LogP contribution is 2.28. The van der Waals surface area contributed by atoms with Gasteiger partial charge in [0, 0.05) is 40.2 Å². The number of aromatic nitrogens is 5. The number of carbonyl (C=O) groups is 1. The highest BCUT2D eigenvalue weighted by molar-refractivity contribution is 6.29. The molecule has 4 aromatic heterocycles. The smallest absolute Gasteiger partial charge is 0.229 e. The molecule has 0 saturated heterocycles. The molecule has 1 aromatic carbocycles. The summed E-state index contributed by atoms with van der Waals surface area (Å²) in [6, 6.07) is 17.3. The quantitative estimate of drug-likeness (QED) is 0.288. The molecule has 36 heavy (non-hydrogen) atoms. The molecular weight excluding hydrogens is 472 g/mol. The summed E-state index contributed by atoms with van der Waals surface area (Å²) in [5.41, 5.74) is 7.06. The van der Waals surface area contributed by atoms with Crippen molar-refractivity contribution < 1.29 is 4.79 Å². The van der Waals surface area contributed by atoms with Crippen LogP contribution in [0.2, 0.25) is 5.15 Å². The zero-order chi connectivity index (χ0) is 25.4. The second-order valence-electron chi connectivity index (χ2n) is 9.68. The number of nitrogens with zero attached hydrogens (tertiary/aromatic N) is 5. The number of pyridine rings is 2. The Kier molecular flexibility index (Phi) is 6.02. The summed E-state index contributed by atoms with van der Waals surface area (Å²) in [5.74, 6) is -0.0315. The van der Waals surface area contributed by atoms with Crippen LogP contribution in [-0.4, -0.2) is 30.5 Å². The molecule has 0 atom stereocenters. The van der Waals surface area contributed by atoms with Crippen molar-refractivity contribution in [2.45, 2.75) is 27.7 Å². The van der Waals surface area contributed by atoms with Gasteiger partial charge in [0.15, 0.2) is 5.65 Å². The van der Waals surface area contributed by atoms with Crippen LogP contribution in [0.3, 0.4) is 0 Å². The van der Waals surface area contributed by atoms with Gasteiger partial charge in [-0.25, -0.2) is 14.5 Å². The van der Waals surface area contributed by atoms with E-state index in [1.165, 1.54) is 0 Å². The Bertz CT molecular complexity index is 1570. The lowest BCUT2D eigenvalue weighted by Crippen LogP contribution is -2.27. The van der Waals surface area contributed by atoms with Crippen molar-refractivity contribution in [3.63, 3.8) is 0 Å². The van der Waals surface area contributed by atoms with Crippen LogP contribution in [0.25, 0.3) is 39.4 Å². The van der Waals surface area contributed by atoms with Crippen molar-refractivity contribution in [1.29, 1.82) is 0 Å². The Balaban J connectivity index is 1.42. The lowest BCUT2D eigenvalue weighted by molar-refractivity contribution is -0.123. The van der Waals surface area contributed by atoms with Crippen molar-refractivity contribution in [3.05, 3.63) is 83.9 Å². The second-order valence-corrected chi connectivity index (χ2v) is 10.1. The molecule has 0 aliphatic heterocycles. The maximum absolute atomic E-state index is 12.5. The molecule has 0 fully saturated rings. The summed E-state index contributed by atoms with van der Waals surface area (Å²) in [4.78, 5) is 25.9. The van der Waals surface area contributed by atoms with E-state index in [0.29, 0.717) is 5.15 Å². The standard InChI is InChI=1S/C28H25ClN6O/c1-17-5-6-18(13-23(17)33-27(36)28(2,3)4)24-16-35-26(32-24)12-10-22(34-35)20-7-9-21(30-14-20)19-8-11-25(29)31-15-19/h5-16H,1-4H3,(H,33,36). The summed E-state index contributed by atoms with van der Waals surface area (Å²) >= 11 is 5.88. The summed E-state index contributed by atoms with van der Waals surface area (Å²) in [6.07, 6.45) is 5.38. The third-order valence-corrected chi connectivity index (χ3v) is 6.09. The van der Waals surface area contributed by atoms with E-state index in [4.69, 9.17) is 21.7 Å². The number of amides is 1. The Morgan fingerprint density at radius 1 is 0.861 bits per heavy atom. The summed E-state index contributed by atoms with van der Waals surface area (Å²) < 4.78 is 1.76. The molecule has 5 rings (SSSR count). The molecule has 4 heterocycles. The minimum Gasteiger partial charge on any atom is -0.325 e. The zero-order valence-electron chi connectivity index (χ0n) is 20.5. The van der Waals surface area contributed by atoms with Gasteiger partial charge in [0.2, 0.25) is 5.91 Å². The van der Waals surface area contributed by atoms with Crippen LogP contribution in [0.1, 0.15) is 26.3 Å². The minimum atomic E-state index is -0.482. The van der Waals surface area contributed by atoms with E-state index in [1.54, 1.807) is 23.0 Å². The molecule has 0 saturated carbocycles. The molecule has 5 aromatic rings. The van der Waals surface area contributed by atoms with E-state index < -0.39 is 5.41 Å². The Labute approximate surface area is 214 Å². The van der Waals surface area contributed by atoms with Crippen molar-refractivity contribution >= 4 is 28.8 Å². The number of hydrogen-bond acceptors (Lipinski definition) is 5. The third-order valence-electron chi connectivity index (χ3n) is 5.87. The maximum atomic E-state index is 12.5. The molecule has 0 spiro atoms. The molecule has 0 aliphatic rings. The van der Waals surface area contributed by atoms with Crippen LogP contribution < -0.4 is 5.32 Å². The Morgan fingerprint density at radius 3 is 2.25 bits per heavy atom. The topological polar surface area (TPSA) is 85.1 Å². The van der Waals surface area contributed by atoms with Gasteiger partial charge in [-0.15, -0.1) is 0 Å². The number of anilines is 1. The Morgan fingerprint density at radius 2 is 1.56 bits per heavy atom. The fourth-order valence-corrected chi connectivity index (χ4v) is 3.76. The number of fused-ring (bicyclic) bond motifs is 1. The molecule has 180 valence electrons. The van der Waals surface area contributed by atoms with Crippen LogP contribution >= 0.6 is 11.6 Å². The SMILES string of the molecule is Cc1ccc(-c2cn3nc(-c4ccc(-c5ccc(Cl)nc5)nc4)ccc3n2)cc1NC(=O)C(C)(C)C. The summed E-state index contributed by atoms with van der Waals surface area (Å²) in [7, 11) is 0. The highest BCUT2D eigenvalue weighted by Gasteiger charge is 2.22. The fourth-order valence-electron chi connectivity index (χ4n) is 3.64. The van der Waals surface area contributed by atoms with Crippen LogP contribution in [0.5, 0.6) is 0 Å². The van der Waals surface area contributed by atoms with E-state index in [-0.39, 0.29) is 5.91 Å². The molecule has 0 unspecified atom stereocenters.